The third-order valence-electron chi connectivity index (χ3n) is 4.49. The van der Waals surface area contributed by atoms with E-state index >= 15 is 0 Å². The molecule has 2 aromatic rings. The topological polar surface area (TPSA) is 59.3 Å². The van der Waals surface area contributed by atoms with E-state index in [0.29, 0.717) is 5.75 Å². The summed E-state index contributed by atoms with van der Waals surface area (Å²) in [4.78, 5) is 4.70. The monoisotopic (exact) mass is 348 g/mol. The van der Waals surface area contributed by atoms with Crippen LogP contribution < -0.4 is 4.74 Å². The van der Waals surface area contributed by atoms with Gasteiger partial charge < -0.3 is 4.74 Å². The molecule has 3 rings (SSSR count). The standard InChI is InChI=1S/C17H25FN6O/c1-3-6-24-17(19-20-21-24)13-23-9-7-22(8-10-23)12-14-4-5-16(25-2)15(18)11-14/h4-5,11H,3,6-10,12-13H2,1-2H3. The fourth-order valence-corrected chi connectivity index (χ4v) is 3.09. The van der Waals surface area contributed by atoms with Gasteiger partial charge in [0.1, 0.15) is 0 Å². The SMILES string of the molecule is CCCn1nnnc1CN1CCN(Cc2ccc(OC)c(F)c2)CC1. The molecule has 0 N–H and O–H groups in total. The van der Waals surface area contributed by atoms with Gasteiger partial charge in [0.2, 0.25) is 0 Å². The average Bonchev–Trinajstić information content (AvgIpc) is 3.04. The molecule has 1 aromatic carbocycles. The van der Waals surface area contributed by atoms with Crippen molar-refractivity contribution in [3.8, 4) is 5.75 Å². The maximum absolute atomic E-state index is 13.8. The molecule has 2 heterocycles. The van der Waals surface area contributed by atoms with Crippen LogP contribution in [0.3, 0.4) is 0 Å². The normalized spacial score (nSPS) is 16.3. The molecule has 0 radical (unpaired) electrons. The summed E-state index contributed by atoms with van der Waals surface area (Å²) in [5, 5.41) is 12.0. The number of aromatic nitrogens is 4. The highest BCUT2D eigenvalue weighted by atomic mass is 19.1. The quantitative estimate of drug-likeness (QED) is 0.757. The molecule has 7 nitrogen and oxygen atoms in total. The molecule has 1 saturated heterocycles. The Balaban J connectivity index is 1.50. The fourth-order valence-electron chi connectivity index (χ4n) is 3.09. The Labute approximate surface area is 147 Å². The van der Waals surface area contributed by atoms with Crippen LogP contribution in [0.15, 0.2) is 18.2 Å². The minimum absolute atomic E-state index is 0.290. The highest BCUT2D eigenvalue weighted by Crippen LogP contribution is 2.19. The van der Waals surface area contributed by atoms with E-state index in [-0.39, 0.29) is 5.82 Å². The van der Waals surface area contributed by atoms with Gasteiger partial charge in [-0.15, -0.1) is 5.10 Å². The van der Waals surface area contributed by atoms with Crippen molar-refractivity contribution in [3.05, 3.63) is 35.4 Å². The van der Waals surface area contributed by atoms with E-state index in [0.717, 1.165) is 63.6 Å². The Hall–Kier alpha value is -2.06. The van der Waals surface area contributed by atoms with Crippen LogP contribution in [0.4, 0.5) is 4.39 Å². The highest BCUT2D eigenvalue weighted by Gasteiger charge is 2.19. The molecule has 1 fully saturated rings. The van der Waals surface area contributed by atoms with Gasteiger partial charge in [0.15, 0.2) is 17.4 Å². The van der Waals surface area contributed by atoms with E-state index in [1.165, 1.54) is 7.11 Å². The Morgan fingerprint density at radius 1 is 1.12 bits per heavy atom. The summed E-state index contributed by atoms with van der Waals surface area (Å²) in [5.74, 6) is 0.910. The number of rotatable bonds is 7. The Morgan fingerprint density at radius 3 is 2.48 bits per heavy atom. The van der Waals surface area contributed by atoms with Crippen LogP contribution in [0.1, 0.15) is 24.7 Å². The summed E-state index contributed by atoms with van der Waals surface area (Å²) in [5.41, 5.74) is 0.971. The number of nitrogens with zero attached hydrogens (tertiary/aromatic N) is 6. The van der Waals surface area contributed by atoms with Crippen molar-refractivity contribution in [2.24, 2.45) is 0 Å². The largest absolute Gasteiger partial charge is 0.494 e. The van der Waals surface area contributed by atoms with Crippen molar-refractivity contribution in [2.45, 2.75) is 33.0 Å². The average molecular weight is 348 g/mol. The summed E-state index contributed by atoms with van der Waals surface area (Å²) in [6.45, 7) is 8.30. The number of methoxy groups -OCH3 is 1. The van der Waals surface area contributed by atoms with Crippen LogP contribution >= 0.6 is 0 Å². The Morgan fingerprint density at radius 2 is 1.84 bits per heavy atom. The molecule has 8 heteroatoms. The van der Waals surface area contributed by atoms with Crippen molar-refractivity contribution in [1.82, 2.24) is 30.0 Å². The summed E-state index contributed by atoms with van der Waals surface area (Å²) in [6.07, 6.45) is 1.02. The first kappa shape index (κ1) is 17.8. The minimum Gasteiger partial charge on any atom is -0.494 e. The molecule has 1 aliphatic rings. The van der Waals surface area contributed by atoms with Gasteiger partial charge in [-0.2, -0.15) is 0 Å². The number of aryl methyl sites for hydroxylation is 1. The molecule has 1 aliphatic heterocycles. The van der Waals surface area contributed by atoms with E-state index < -0.39 is 0 Å². The molecule has 1 aromatic heterocycles. The summed E-state index contributed by atoms with van der Waals surface area (Å²) < 4.78 is 20.7. The lowest BCUT2D eigenvalue weighted by atomic mass is 10.2. The van der Waals surface area contributed by atoms with Crippen LogP contribution in [0.2, 0.25) is 0 Å². The third kappa shape index (κ3) is 4.52. The van der Waals surface area contributed by atoms with Gasteiger partial charge in [0.25, 0.3) is 0 Å². The van der Waals surface area contributed by atoms with Crippen molar-refractivity contribution in [3.63, 3.8) is 0 Å². The second kappa shape index (κ2) is 8.35. The van der Waals surface area contributed by atoms with E-state index in [1.54, 1.807) is 12.1 Å². The number of hydrogen-bond donors (Lipinski definition) is 0. The van der Waals surface area contributed by atoms with Crippen LogP contribution in [-0.2, 0) is 19.6 Å². The van der Waals surface area contributed by atoms with E-state index in [2.05, 4.69) is 32.2 Å². The predicted octanol–water partition coefficient (Wildman–Crippen LogP) is 1.55. The Bertz CT molecular complexity index is 684. The first-order valence-electron chi connectivity index (χ1n) is 8.71. The molecular formula is C17H25FN6O. The fraction of sp³-hybridized carbons (Fsp3) is 0.588. The number of halogens is 1. The van der Waals surface area contributed by atoms with Crippen LogP contribution in [-0.4, -0.2) is 63.3 Å². The summed E-state index contributed by atoms with van der Waals surface area (Å²) >= 11 is 0. The van der Waals surface area contributed by atoms with Gasteiger partial charge in [-0.3, -0.25) is 9.80 Å². The molecule has 0 spiro atoms. The van der Waals surface area contributed by atoms with Gasteiger partial charge in [0.05, 0.1) is 13.7 Å². The van der Waals surface area contributed by atoms with Gasteiger partial charge in [-0.1, -0.05) is 13.0 Å². The molecular weight excluding hydrogens is 323 g/mol. The zero-order chi connectivity index (χ0) is 17.6. The van der Waals surface area contributed by atoms with Gasteiger partial charge >= 0.3 is 0 Å². The van der Waals surface area contributed by atoms with Gasteiger partial charge in [-0.25, -0.2) is 9.07 Å². The zero-order valence-corrected chi connectivity index (χ0v) is 14.9. The number of tetrazole rings is 1. The second-order valence-electron chi connectivity index (χ2n) is 6.34. The number of benzene rings is 1. The number of ether oxygens (including phenoxy) is 1. The first-order chi connectivity index (χ1) is 12.2. The lowest BCUT2D eigenvalue weighted by Crippen LogP contribution is -2.45. The van der Waals surface area contributed by atoms with Gasteiger partial charge in [0, 0.05) is 39.3 Å². The predicted molar refractivity (Wildman–Crippen MR) is 91.6 cm³/mol. The van der Waals surface area contributed by atoms with E-state index in [1.807, 2.05) is 10.7 Å². The lowest BCUT2D eigenvalue weighted by molar-refractivity contribution is 0.118. The van der Waals surface area contributed by atoms with E-state index in [9.17, 15) is 4.39 Å². The highest BCUT2D eigenvalue weighted by molar-refractivity contribution is 5.29. The van der Waals surface area contributed by atoms with Crippen molar-refractivity contribution in [2.75, 3.05) is 33.3 Å². The molecule has 0 aliphatic carbocycles. The lowest BCUT2D eigenvalue weighted by Gasteiger charge is -2.34. The number of hydrogen-bond acceptors (Lipinski definition) is 6. The third-order valence-corrected chi connectivity index (χ3v) is 4.49. The molecule has 0 amide bonds. The molecule has 136 valence electrons. The van der Waals surface area contributed by atoms with Crippen LogP contribution in [0, 0.1) is 5.82 Å². The second-order valence-corrected chi connectivity index (χ2v) is 6.34. The molecule has 0 unspecified atom stereocenters. The van der Waals surface area contributed by atoms with Crippen molar-refractivity contribution < 1.29 is 9.13 Å². The molecule has 25 heavy (non-hydrogen) atoms. The summed E-state index contributed by atoms with van der Waals surface area (Å²) in [7, 11) is 1.48. The smallest absolute Gasteiger partial charge is 0.165 e. The maximum Gasteiger partial charge on any atom is 0.165 e. The first-order valence-corrected chi connectivity index (χ1v) is 8.71. The summed E-state index contributed by atoms with van der Waals surface area (Å²) in [6, 6.07) is 5.17. The zero-order valence-electron chi connectivity index (χ0n) is 14.9. The van der Waals surface area contributed by atoms with Gasteiger partial charge in [-0.05, 0) is 34.5 Å². The number of piperazine rings is 1. The molecule has 0 bridgehead atoms. The maximum atomic E-state index is 13.8. The van der Waals surface area contributed by atoms with E-state index in [4.69, 9.17) is 4.74 Å². The van der Waals surface area contributed by atoms with Crippen LogP contribution in [0.25, 0.3) is 0 Å². The Kier molecular flexibility index (Phi) is 5.93. The molecule has 0 saturated carbocycles. The van der Waals surface area contributed by atoms with Crippen molar-refractivity contribution in [1.29, 1.82) is 0 Å². The van der Waals surface area contributed by atoms with Crippen LogP contribution in [0.5, 0.6) is 5.75 Å². The van der Waals surface area contributed by atoms with Crippen molar-refractivity contribution >= 4 is 0 Å². The molecule has 0 atom stereocenters. The minimum atomic E-state index is -0.304.